The van der Waals surface area contributed by atoms with Crippen LogP contribution in [-0.2, 0) is 0 Å². The SMILES string of the molecule is CC1C=CC=CC1Nc1ccc(Nc2ccc(Nc3ccc(NC(O)c4cc(F)c(F)c(F)c4F)cc3)cc2)cc1. The molecule has 5 rings (SSSR count). The van der Waals surface area contributed by atoms with Crippen molar-refractivity contribution in [3.05, 3.63) is 132 Å². The van der Waals surface area contributed by atoms with Crippen molar-refractivity contribution in [3.8, 4) is 0 Å². The summed E-state index contributed by atoms with van der Waals surface area (Å²) in [6.45, 7) is 2.18. The maximum atomic E-state index is 14.0. The number of hydrogen-bond acceptors (Lipinski definition) is 5. The molecule has 3 atom stereocenters. The molecule has 0 saturated carbocycles. The normalized spacial score (nSPS) is 16.7. The highest BCUT2D eigenvalue weighted by atomic mass is 19.2. The average molecular weight is 561 g/mol. The van der Waals surface area contributed by atoms with Crippen LogP contribution in [0.3, 0.4) is 0 Å². The average Bonchev–Trinajstić information content (AvgIpc) is 2.98. The van der Waals surface area contributed by atoms with Gasteiger partial charge in [0.25, 0.3) is 0 Å². The van der Waals surface area contributed by atoms with Crippen LogP contribution in [0.25, 0.3) is 0 Å². The van der Waals surface area contributed by atoms with E-state index in [9.17, 15) is 22.7 Å². The van der Waals surface area contributed by atoms with Crippen LogP contribution in [0.5, 0.6) is 0 Å². The van der Waals surface area contributed by atoms with E-state index in [2.05, 4.69) is 52.5 Å². The first-order chi connectivity index (χ1) is 19.8. The molecule has 1 aliphatic carbocycles. The molecule has 3 unspecified atom stereocenters. The third kappa shape index (κ3) is 6.70. The van der Waals surface area contributed by atoms with Gasteiger partial charge in [-0.25, -0.2) is 17.6 Å². The van der Waals surface area contributed by atoms with Gasteiger partial charge in [-0.3, -0.25) is 0 Å². The number of benzene rings is 4. The van der Waals surface area contributed by atoms with Gasteiger partial charge in [0.15, 0.2) is 29.5 Å². The summed E-state index contributed by atoms with van der Waals surface area (Å²) >= 11 is 0. The molecular weight excluding hydrogens is 532 g/mol. The van der Waals surface area contributed by atoms with Gasteiger partial charge in [0.05, 0.1) is 6.04 Å². The van der Waals surface area contributed by atoms with Crippen molar-refractivity contribution in [1.82, 2.24) is 0 Å². The molecule has 41 heavy (non-hydrogen) atoms. The first-order valence-electron chi connectivity index (χ1n) is 13.0. The third-order valence-corrected chi connectivity index (χ3v) is 6.70. The van der Waals surface area contributed by atoms with Gasteiger partial charge in [0.2, 0.25) is 0 Å². The molecule has 0 spiro atoms. The monoisotopic (exact) mass is 560 g/mol. The van der Waals surface area contributed by atoms with Gasteiger partial charge < -0.3 is 26.4 Å². The topological polar surface area (TPSA) is 68.3 Å². The molecule has 0 fully saturated rings. The molecular formula is C32H28F4N4O. The lowest BCUT2D eigenvalue weighted by molar-refractivity contribution is 0.199. The zero-order chi connectivity index (χ0) is 28.9. The second-order valence-electron chi connectivity index (χ2n) is 9.72. The summed E-state index contributed by atoms with van der Waals surface area (Å²) in [7, 11) is 0. The number of hydrogen-bond donors (Lipinski definition) is 5. The van der Waals surface area contributed by atoms with E-state index in [-0.39, 0.29) is 6.04 Å². The number of anilines is 6. The van der Waals surface area contributed by atoms with Crippen molar-refractivity contribution in [2.75, 3.05) is 21.3 Å². The first-order valence-corrected chi connectivity index (χ1v) is 13.0. The second kappa shape index (κ2) is 12.2. The van der Waals surface area contributed by atoms with Crippen LogP contribution in [-0.4, -0.2) is 11.1 Å². The Bertz CT molecular complexity index is 1560. The summed E-state index contributed by atoms with van der Waals surface area (Å²) in [5.74, 6) is -6.74. The van der Waals surface area contributed by atoms with Gasteiger partial charge in [-0.05, 0) is 84.8 Å². The summed E-state index contributed by atoms with van der Waals surface area (Å²) in [6.07, 6.45) is 6.67. The molecule has 9 heteroatoms. The van der Waals surface area contributed by atoms with Crippen molar-refractivity contribution in [3.63, 3.8) is 0 Å². The van der Waals surface area contributed by atoms with Gasteiger partial charge in [-0.15, -0.1) is 0 Å². The molecule has 0 saturated heterocycles. The first kappa shape index (κ1) is 27.8. The summed E-state index contributed by atoms with van der Waals surface area (Å²) < 4.78 is 54.1. The molecule has 5 N–H and O–H groups in total. The van der Waals surface area contributed by atoms with Gasteiger partial charge in [0.1, 0.15) is 0 Å². The van der Waals surface area contributed by atoms with Crippen LogP contribution in [0.15, 0.2) is 103 Å². The van der Waals surface area contributed by atoms with Crippen LogP contribution in [0.1, 0.15) is 18.7 Å². The fraction of sp³-hybridized carbons (Fsp3) is 0.125. The molecule has 0 aliphatic heterocycles. The fourth-order valence-corrected chi connectivity index (χ4v) is 4.39. The molecule has 210 valence electrons. The number of rotatable bonds is 9. The van der Waals surface area contributed by atoms with Gasteiger partial charge >= 0.3 is 0 Å². The molecule has 0 amide bonds. The highest BCUT2D eigenvalue weighted by Gasteiger charge is 2.23. The summed E-state index contributed by atoms with van der Waals surface area (Å²) in [6, 6.07) is 23.1. The highest BCUT2D eigenvalue weighted by Crippen LogP contribution is 2.27. The molecule has 0 aromatic heterocycles. The van der Waals surface area contributed by atoms with Gasteiger partial charge in [0, 0.05) is 39.7 Å². The third-order valence-electron chi connectivity index (χ3n) is 6.70. The molecule has 0 bridgehead atoms. The molecule has 1 aliphatic rings. The van der Waals surface area contributed by atoms with Crippen molar-refractivity contribution < 1.29 is 22.7 Å². The predicted octanol–water partition coefficient (Wildman–Crippen LogP) is 8.38. The maximum Gasteiger partial charge on any atom is 0.197 e. The van der Waals surface area contributed by atoms with E-state index in [1.807, 2.05) is 48.5 Å². The predicted molar refractivity (Wildman–Crippen MR) is 156 cm³/mol. The lowest BCUT2D eigenvalue weighted by Crippen LogP contribution is -2.25. The Kier molecular flexibility index (Phi) is 8.26. The number of halogens is 4. The van der Waals surface area contributed by atoms with Gasteiger partial charge in [-0.2, -0.15) is 0 Å². The van der Waals surface area contributed by atoms with E-state index in [1.54, 1.807) is 24.3 Å². The van der Waals surface area contributed by atoms with E-state index in [0.717, 1.165) is 28.4 Å². The number of aliphatic hydroxyl groups is 1. The Morgan fingerprint density at radius 3 is 1.59 bits per heavy atom. The lowest BCUT2D eigenvalue weighted by atomic mass is 9.97. The molecule has 0 radical (unpaired) electrons. The van der Waals surface area contributed by atoms with Crippen molar-refractivity contribution in [1.29, 1.82) is 0 Å². The summed E-state index contributed by atoms with van der Waals surface area (Å²) in [4.78, 5) is 0. The largest absolute Gasteiger partial charge is 0.378 e. The van der Waals surface area contributed by atoms with E-state index in [1.165, 1.54) is 0 Å². The minimum atomic E-state index is -1.98. The van der Waals surface area contributed by atoms with E-state index >= 15 is 0 Å². The number of allylic oxidation sites excluding steroid dienone is 2. The number of nitrogens with one attached hydrogen (secondary N) is 4. The van der Waals surface area contributed by atoms with Crippen molar-refractivity contribution in [2.45, 2.75) is 19.2 Å². The minimum absolute atomic E-state index is 0.265. The fourth-order valence-electron chi connectivity index (χ4n) is 4.39. The van der Waals surface area contributed by atoms with Gasteiger partial charge in [-0.1, -0.05) is 31.2 Å². The zero-order valence-corrected chi connectivity index (χ0v) is 22.0. The minimum Gasteiger partial charge on any atom is -0.378 e. The zero-order valence-electron chi connectivity index (χ0n) is 22.0. The summed E-state index contributed by atoms with van der Waals surface area (Å²) in [5, 5.41) is 22.9. The van der Waals surface area contributed by atoms with Crippen LogP contribution in [0.4, 0.5) is 51.7 Å². The van der Waals surface area contributed by atoms with Crippen LogP contribution < -0.4 is 21.3 Å². The van der Waals surface area contributed by atoms with E-state index in [4.69, 9.17) is 0 Å². The Labute approximate surface area is 235 Å². The smallest absolute Gasteiger partial charge is 0.197 e. The highest BCUT2D eigenvalue weighted by molar-refractivity contribution is 5.68. The standard InChI is InChI=1S/C32H28F4N4O/c1-19-4-2-3-5-28(19)39-24-14-10-22(11-15-24)37-20-6-8-21(9-7-20)38-23-12-16-25(17-13-23)40-32(41)26-18-27(33)30(35)31(36)29(26)34/h2-19,28,32,37-41H,1H3. The number of aliphatic hydroxyl groups excluding tert-OH is 1. The molecule has 4 aromatic rings. The van der Waals surface area contributed by atoms with Crippen molar-refractivity contribution in [2.24, 2.45) is 5.92 Å². The van der Waals surface area contributed by atoms with E-state index in [0.29, 0.717) is 17.7 Å². The molecule has 4 aromatic carbocycles. The molecule has 0 heterocycles. The maximum absolute atomic E-state index is 14.0. The van der Waals surface area contributed by atoms with E-state index < -0.39 is 35.1 Å². The molecule has 5 nitrogen and oxygen atoms in total. The Morgan fingerprint density at radius 1 is 0.610 bits per heavy atom. The lowest BCUT2D eigenvalue weighted by Gasteiger charge is -2.23. The van der Waals surface area contributed by atoms with Crippen molar-refractivity contribution >= 4 is 34.1 Å². The summed E-state index contributed by atoms with van der Waals surface area (Å²) in [5.41, 5.74) is 4.10. The Balaban J connectivity index is 1.14. The van der Waals surface area contributed by atoms with Crippen LogP contribution >= 0.6 is 0 Å². The quantitative estimate of drug-likeness (QED) is 0.0616. The Hall–Kier alpha value is -4.76. The van der Waals surface area contributed by atoms with Crippen LogP contribution in [0.2, 0.25) is 0 Å². The second-order valence-corrected chi connectivity index (χ2v) is 9.72. The Morgan fingerprint density at radius 2 is 1.07 bits per heavy atom. The van der Waals surface area contributed by atoms with Crippen LogP contribution in [0, 0.1) is 29.2 Å².